The van der Waals surface area contributed by atoms with E-state index < -0.39 is 5.54 Å². The van der Waals surface area contributed by atoms with Crippen LogP contribution in [-0.4, -0.2) is 54.0 Å². The smallest absolute Gasteiger partial charge is 0.242 e. The molecule has 5 heteroatoms. The van der Waals surface area contributed by atoms with Crippen LogP contribution in [-0.2, 0) is 4.79 Å². The van der Waals surface area contributed by atoms with E-state index in [1.165, 1.54) is 38.9 Å². The van der Waals surface area contributed by atoms with E-state index in [9.17, 15) is 4.79 Å². The van der Waals surface area contributed by atoms with Crippen molar-refractivity contribution in [2.45, 2.75) is 57.9 Å². The summed E-state index contributed by atoms with van der Waals surface area (Å²) in [6, 6.07) is 0. The topological polar surface area (TPSA) is 49.6 Å². The Hall–Kier alpha value is -0.320. The van der Waals surface area contributed by atoms with E-state index in [0.717, 1.165) is 32.4 Å². The normalized spacial score (nSPS) is 26.2. The van der Waals surface area contributed by atoms with Gasteiger partial charge in [-0.15, -0.1) is 12.4 Å². The van der Waals surface area contributed by atoms with E-state index in [2.05, 4.69) is 11.8 Å². The van der Waals surface area contributed by atoms with E-state index in [4.69, 9.17) is 5.73 Å². The van der Waals surface area contributed by atoms with Gasteiger partial charge in [0.15, 0.2) is 0 Å². The number of amides is 1. The summed E-state index contributed by atoms with van der Waals surface area (Å²) < 4.78 is 0. The molecule has 2 aliphatic rings. The molecule has 2 rings (SSSR count). The number of nitrogens with zero attached hydrogens (tertiary/aromatic N) is 2. The molecule has 0 radical (unpaired) electrons. The predicted molar refractivity (Wildman–Crippen MR) is 89.7 cm³/mol. The fraction of sp³-hybridized carbons (Fsp3) is 0.938. The van der Waals surface area contributed by atoms with Gasteiger partial charge < -0.3 is 15.5 Å². The molecule has 0 saturated carbocycles. The molecule has 0 aromatic heterocycles. The minimum Gasteiger partial charge on any atom is -0.341 e. The minimum atomic E-state index is -0.672. The number of nitrogens with two attached hydrogens (primary N) is 1. The summed E-state index contributed by atoms with van der Waals surface area (Å²) in [5, 5.41) is 0. The van der Waals surface area contributed by atoms with Crippen LogP contribution in [0.15, 0.2) is 0 Å². The van der Waals surface area contributed by atoms with Crippen molar-refractivity contribution in [3.05, 3.63) is 0 Å². The van der Waals surface area contributed by atoms with Crippen molar-refractivity contribution in [2.75, 3.05) is 32.7 Å². The van der Waals surface area contributed by atoms with Crippen molar-refractivity contribution in [2.24, 2.45) is 11.7 Å². The van der Waals surface area contributed by atoms with Crippen molar-refractivity contribution in [3.63, 3.8) is 0 Å². The monoisotopic (exact) mass is 317 g/mol. The van der Waals surface area contributed by atoms with Gasteiger partial charge in [0.1, 0.15) is 0 Å². The van der Waals surface area contributed by atoms with E-state index in [-0.39, 0.29) is 18.3 Å². The molecule has 2 unspecified atom stereocenters. The summed E-state index contributed by atoms with van der Waals surface area (Å²) in [6.45, 7) is 9.43. The molecule has 2 aliphatic heterocycles. The number of hydrogen-bond donors (Lipinski definition) is 1. The van der Waals surface area contributed by atoms with Crippen LogP contribution in [0.25, 0.3) is 0 Å². The first-order valence-electron chi connectivity index (χ1n) is 8.33. The predicted octanol–water partition coefficient (Wildman–Crippen LogP) is 2.26. The molecule has 1 amide bonds. The Morgan fingerprint density at radius 2 is 1.90 bits per heavy atom. The molecule has 2 heterocycles. The van der Waals surface area contributed by atoms with E-state index in [1.807, 2.05) is 11.8 Å². The quantitative estimate of drug-likeness (QED) is 0.846. The van der Waals surface area contributed by atoms with Crippen LogP contribution in [0.5, 0.6) is 0 Å². The Kier molecular flexibility index (Phi) is 7.45. The molecule has 21 heavy (non-hydrogen) atoms. The lowest BCUT2D eigenvalue weighted by molar-refractivity contribution is -0.135. The number of carbonyl (C=O) groups is 1. The lowest BCUT2D eigenvalue weighted by atomic mass is 9.96. The minimum absolute atomic E-state index is 0. The summed E-state index contributed by atoms with van der Waals surface area (Å²) in [5.41, 5.74) is 5.51. The number of halogens is 1. The lowest BCUT2D eigenvalue weighted by Crippen LogP contribution is -2.52. The molecular formula is C16H32ClN3O. The first-order valence-corrected chi connectivity index (χ1v) is 8.33. The average molecular weight is 318 g/mol. The summed E-state index contributed by atoms with van der Waals surface area (Å²) in [7, 11) is 0. The summed E-state index contributed by atoms with van der Waals surface area (Å²) in [4.78, 5) is 17.1. The second-order valence-electron chi connectivity index (χ2n) is 6.93. The van der Waals surface area contributed by atoms with Crippen molar-refractivity contribution in [1.82, 2.24) is 9.80 Å². The lowest BCUT2D eigenvalue weighted by Gasteiger charge is -2.30. The van der Waals surface area contributed by atoms with Gasteiger partial charge in [-0.25, -0.2) is 0 Å². The Bertz CT molecular complexity index is 329. The maximum Gasteiger partial charge on any atom is 0.242 e. The number of hydrogen-bond acceptors (Lipinski definition) is 3. The molecule has 2 N–H and O–H groups in total. The molecule has 2 fully saturated rings. The van der Waals surface area contributed by atoms with Crippen LogP contribution in [0.1, 0.15) is 52.4 Å². The fourth-order valence-corrected chi connectivity index (χ4v) is 3.66. The van der Waals surface area contributed by atoms with Gasteiger partial charge in [0.25, 0.3) is 0 Å². The molecule has 0 aromatic rings. The largest absolute Gasteiger partial charge is 0.341 e. The van der Waals surface area contributed by atoms with Crippen LogP contribution < -0.4 is 5.73 Å². The highest BCUT2D eigenvalue weighted by molar-refractivity contribution is 5.86. The molecule has 0 aliphatic carbocycles. The Morgan fingerprint density at radius 3 is 2.52 bits per heavy atom. The van der Waals surface area contributed by atoms with Gasteiger partial charge in [-0.2, -0.15) is 0 Å². The highest BCUT2D eigenvalue weighted by Gasteiger charge is 2.36. The van der Waals surface area contributed by atoms with Gasteiger partial charge in [0, 0.05) is 19.6 Å². The van der Waals surface area contributed by atoms with Crippen molar-refractivity contribution in [1.29, 1.82) is 0 Å². The third-order valence-corrected chi connectivity index (χ3v) is 4.80. The van der Waals surface area contributed by atoms with E-state index in [1.54, 1.807) is 0 Å². The third-order valence-electron chi connectivity index (χ3n) is 4.80. The maximum absolute atomic E-state index is 12.5. The molecule has 4 nitrogen and oxygen atoms in total. The maximum atomic E-state index is 12.5. The van der Waals surface area contributed by atoms with Crippen molar-refractivity contribution >= 4 is 18.3 Å². The van der Waals surface area contributed by atoms with Gasteiger partial charge in [-0.3, -0.25) is 4.79 Å². The average Bonchev–Trinajstić information content (AvgIpc) is 2.87. The van der Waals surface area contributed by atoms with Crippen LogP contribution in [0.2, 0.25) is 0 Å². The number of piperidine rings is 1. The summed E-state index contributed by atoms with van der Waals surface area (Å²) in [6.07, 6.45) is 6.95. The molecule has 124 valence electrons. The SMILES string of the molecule is CCCC(C)(N)C(=O)N1CCC(CN2CCCCC2)C1.Cl. The number of likely N-dealkylation sites (tertiary alicyclic amines) is 2. The zero-order valence-electron chi connectivity index (χ0n) is 13.6. The summed E-state index contributed by atoms with van der Waals surface area (Å²) in [5.74, 6) is 0.801. The zero-order chi connectivity index (χ0) is 14.6. The van der Waals surface area contributed by atoms with Crippen molar-refractivity contribution in [3.8, 4) is 0 Å². The van der Waals surface area contributed by atoms with Gasteiger partial charge >= 0.3 is 0 Å². The first kappa shape index (κ1) is 18.7. The second kappa shape index (κ2) is 8.35. The first-order chi connectivity index (χ1) is 9.53. The molecule has 2 atom stereocenters. The zero-order valence-corrected chi connectivity index (χ0v) is 14.5. The van der Waals surface area contributed by atoms with Crippen LogP contribution in [0.3, 0.4) is 0 Å². The Labute approximate surface area is 135 Å². The third kappa shape index (κ3) is 5.11. The highest BCUT2D eigenvalue weighted by atomic mass is 35.5. The summed E-state index contributed by atoms with van der Waals surface area (Å²) >= 11 is 0. The van der Waals surface area contributed by atoms with Gasteiger partial charge in [0.05, 0.1) is 5.54 Å². The van der Waals surface area contributed by atoms with Gasteiger partial charge in [0.2, 0.25) is 5.91 Å². The number of carbonyl (C=O) groups excluding carboxylic acids is 1. The van der Waals surface area contributed by atoms with E-state index >= 15 is 0 Å². The molecule has 0 aromatic carbocycles. The molecule has 0 spiro atoms. The molecular weight excluding hydrogens is 286 g/mol. The van der Waals surface area contributed by atoms with Crippen LogP contribution in [0.4, 0.5) is 0 Å². The number of rotatable bonds is 5. The molecule has 2 saturated heterocycles. The van der Waals surface area contributed by atoms with Crippen LogP contribution >= 0.6 is 12.4 Å². The van der Waals surface area contributed by atoms with Gasteiger partial charge in [-0.05, 0) is 51.6 Å². The van der Waals surface area contributed by atoms with E-state index in [0.29, 0.717) is 5.92 Å². The Morgan fingerprint density at radius 1 is 1.24 bits per heavy atom. The second-order valence-corrected chi connectivity index (χ2v) is 6.93. The fourth-order valence-electron chi connectivity index (χ4n) is 3.66. The van der Waals surface area contributed by atoms with Gasteiger partial charge in [-0.1, -0.05) is 19.8 Å². The molecule has 0 bridgehead atoms. The Balaban J connectivity index is 0.00000220. The highest BCUT2D eigenvalue weighted by Crippen LogP contribution is 2.23. The van der Waals surface area contributed by atoms with Crippen LogP contribution in [0, 0.1) is 5.92 Å². The van der Waals surface area contributed by atoms with Crippen molar-refractivity contribution < 1.29 is 4.79 Å². The standard InChI is InChI=1S/C16H31N3O.ClH/c1-3-8-16(2,17)15(20)19-11-7-14(13-19)12-18-9-5-4-6-10-18;/h14H,3-13,17H2,1-2H3;1H.